The molecule has 2 aromatic carbocycles. The van der Waals surface area contributed by atoms with Gasteiger partial charge in [-0.15, -0.1) is 0 Å². The summed E-state index contributed by atoms with van der Waals surface area (Å²) in [5.74, 6) is -0.438. The van der Waals surface area contributed by atoms with Gasteiger partial charge in [0, 0.05) is 26.6 Å². The SMILES string of the molecule is O=C(c1ccccc1)N(O)c1ccccc1.[W]. The summed E-state index contributed by atoms with van der Waals surface area (Å²) in [5, 5.41) is 10.4. The molecule has 0 radical (unpaired) electrons. The average Bonchev–Trinajstić information content (AvgIpc) is 2.39. The van der Waals surface area contributed by atoms with Crippen LogP contribution in [0.5, 0.6) is 0 Å². The molecule has 0 saturated carbocycles. The standard InChI is InChI=1S/C13H11NO2.W/c15-13(11-7-3-1-4-8-11)14(16)12-9-5-2-6-10-12;/h1-10,16H;. The van der Waals surface area contributed by atoms with Gasteiger partial charge in [0.15, 0.2) is 0 Å². The smallest absolute Gasteiger partial charge is 0.281 e. The van der Waals surface area contributed by atoms with E-state index in [0.29, 0.717) is 16.3 Å². The van der Waals surface area contributed by atoms with E-state index in [9.17, 15) is 10.0 Å². The molecule has 17 heavy (non-hydrogen) atoms. The van der Waals surface area contributed by atoms with Crippen LogP contribution in [0.2, 0.25) is 0 Å². The van der Waals surface area contributed by atoms with Crippen molar-refractivity contribution in [2.75, 3.05) is 5.06 Å². The summed E-state index contributed by atoms with van der Waals surface area (Å²) in [6, 6.07) is 17.3. The number of para-hydroxylation sites is 1. The van der Waals surface area contributed by atoms with Gasteiger partial charge in [-0.2, -0.15) is 5.06 Å². The van der Waals surface area contributed by atoms with E-state index in [2.05, 4.69) is 0 Å². The van der Waals surface area contributed by atoms with Crippen LogP contribution in [-0.2, 0) is 21.1 Å². The molecule has 4 heteroatoms. The van der Waals surface area contributed by atoms with Crippen molar-refractivity contribution < 1.29 is 31.1 Å². The Hall–Kier alpha value is -1.44. The van der Waals surface area contributed by atoms with E-state index in [1.54, 1.807) is 48.5 Å². The molecule has 0 aliphatic heterocycles. The van der Waals surface area contributed by atoms with Crippen molar-refractivity contribution in [1.82, 2.24) is 0 Å². The summed E-state index contributed by atoms with van der Waals surface area (Å²) in [4.78, 5) is 11.8. The number of hydroxylamine groups is 1. The number of hydrogen-bond donors (Lipinski definition) is 1. The normalized spacial score (nSPS) is 9.24. The predicted octanol–water partition coefficient (Wildman–Crippen LogP) is 2.72. The molecule has 1 N–H and O–H groups in total. The van der Waals surface area contributed by atoms with E-state index in [1.807, 2.05) is 12.1 Å². The number of nitrogens with zero attached hydrogens (tertiary/aromatic N) is 1. The maximum Gasteiger partial charge on any atom is 0.281 e. The molecular formula is C13H11NO2W. The maximum atomic E-state index is 11.8. The first-order valence-electron chi connectivity index (χ1n) is 4.92. The molecule has 0 aliphatic rings. The molecule has 0 aliphatic carbocycles. The Bertz CT molecular complexity index is 473. The number of carbonyl (C=O) groups excluding carboxylic acids is 1. The Balaban J connectivity index is 0.00000144. The number of rotatable bonds is 2. The van der Waals surface area contributed by atoms with Gasteiger partial charge < -0.3 is 0 Å². The molecule has 2 aromatic rings. The van der Waals surface area contributed by atoms with Crippen LogP contribution in [-0.4, -0.2) is 11.1 Å². The zero-order valence-electron chi connectivity index (χ0n) is 8.98. The number of hydrogen-bond acceptors (Lipinski definition) is 2. The topological polar surface area (TPSA) is 40.5 Å². The second-order valence-corrected chi connectivity index (χ2v) is 3.32. The molecule has 0 atom stereocenters. The van der Waals surface area contributed by atoms with Gasteiger partial charge in [-0.05, 0) is 24.3 Å². The van der Waals surface area contributed by atoms with Crippen LogP contribution in [0.1, 0.15) is 10.4 Å². The third-order valence-corrected chi connectivity index (χ3v) is 2.21. The molecule has 0 saturated heterocycles. The monoisotopic (exact) mass is 397 g/mol. The van der Waals surface area contributed by atoms with E-state index < -0.39 is 5.91 Å². The largest absolute Gasteiger partial charge is 0.281 e. The summed E-state index contributed by atoms with van der Waals surface area (Å²) < 4.78 is 0. The minimum atomic E-state index is -0.438. The summed E-state index contributed by atoms with van der Waals surface area (Å²) >= 11 is 0. The van der Waals surface area contributed by atoms with Crippen molar-refractivity contribution in [3.63, 3.8) is 0 Å². The van der Waals surface area contributed by atoms with Crippen molar-refractivity contribution in [1.29, 1.82) is 0 Å². The van der Waals surface area contributed by atoms with E-state index >= 15 is 0 Å². The predicted molar refractivity (Wildman–Crippen MR) is 61.5 cm³/mol. The number of benzene rings is 2. The summed E-state index contributed by atoms with van der Waals surface area (Å²) in [6.07, 6.45) is 0. The second-order valence-electron chi connectivity index (χ2n) is 3.32. The minimum Gasteiger partial charge on any atom is -0.281 e. The molecule has 0 spiro atoms. The second kappa shape index (κ2) is 6.33. The first-order chi connectivity index (χ1) is 7.79. The molecule has 2 rings (SSSR count). The van der Waals surface area contributed by atoms with Crippen LogP contribution in [0, 0.1) is 0 Å². The molecule has 86 valence electrons. The van der Waals surface area contributed by atoms with Crippen LogP contribution in [0.25, 0.3) is 0 Å². The fraction of sp³-hybridized carbons (Fsp3) is 0. The Morgan fingerprint density at radius 3 is 1.88 bits per heavy atom. The molecular weight excluding hydrogens is 386 g/mol. The van der Waals surface area contributed by atoms with Gasteiger partial charge in [0.25, 0.3) is 5.91 Å². The summed E-state index contributed by atoms with van der Waals surface area (Å²) in [5.41, 5.74) is 0.908. The van der Waals surface area contributed by atoms with Gasteiger partial charge in [-0.1, -0.05) is 36.4 Å². The van der Waals surface area contributed by atoms with E-state index in [4.69, 9.17) is 0 Å². The Morgan fingerprint density at radius 2 is 1.35 bits per heavy atom. The minimum absolute atomic E-state index is 0. The van der Waals surface area contributed by atoms with Crippen LogP contribution < -0.4 is 5.06 Å². The molecule has 0 unspecified atom stereocenters. The van der Waals surface area contributed by atoms with Crippen molar-refractivity contribution in [2.45, 2.75) is 0 Å². The van der Waals surface area contributed by atoms with Gasteiger partial charge >= 0.3 is 0 Å². The first-order valence-corrected chi connectivity index (χ1v) is 4.92. The quantitative estimate of drug-likeness (QED) is 0.626. The first kappa shape index (κ1) is 13.6. The Labute approximate surface area is 114 Å². The van der Waals surface area contributed by atoms with E-state index in [0.717, 1.165) is 0 Å². The Kier molecular flexibility index (Phi) is 5.07. The van der Waals surface area contributed by atoms with Crippen molar-refractivity contribution >= 4 is 11.6 Å². The molecule has 0 heterocycles. The van der Waals surface area contributed by atoms with Crippen molar-refractivity contribution in [3.8, 4) is 0 Å². The molecule has 0 fully saturated rings. The zero-order valence-corrected chi connectivity index (χ0v) is 11.9. The third-order valence-electron chi connectivity index (χ3n) is 2.21. The van der Waals surface area contributed by atoms with E-state index in [1.165, 1.54) is 0 Å². The van der Waals surface area contributed by atoms with Crippen molar-refractivity contribution in [3.05, 3.63) is 66.2 Å². The van der Waals surface area contributed by atoms with Crippen LogP contribution >= 0.6 is 0 Å². The molecule has 0 aromatic heterocycles. The number of anilines is 1. The average molecular weight is 397 g/mol. The van der Waals surface area contributed by atoms with Gasteiger partial charge in [-0.25, -0.2) is 0 Å². The van der Waals surface area contributed by atoms with Crippen LogP contribution in [0.15, 0.2) is 60.7 Å². The van der Waals surface area contributed by atoms with Crippen LogP contribution in [0.3, 0.4) is 0 Å². The third kappa shape index (κ3) is 3.26. The van der Waals surface area contributed by atoms with Gasteiger partial charge in [0.1, 0.15) is 0 Å². The summed E-state index contributed by atoms with van der Waals surface area (Å²) in [7, 11) is 0. The van der Waals surface area contributed by atoms with Gasteiger partial charge in [0.05, 0.1) is 5.69 Å². The zero-order chi connectivity index (χ0) is 11.4. The fourth-order valence-corrected chi connectivity index (χ4v) is 1.39. The summed E-state index contributed by atoms with van der Waals surface area (Å²) in [6.45, 7) is 0. The van der Waals surface area contributed by atoms with Gasteiger partial charge in [0.2, 0.25) is 0 Å². The Morgan fingerprint density at radius 1 is 0.882 bits per heavy atom. The van der Waals surface area contributed by atoms with E-state index in [-0.39, 0.29) is 21.1 Å². The number of amides is 1. The number of carbonyl (C=O) groups is 1. The maximum absolute atomic E-state index is 11.8. The molecule has 3 nitrogen and oxygen atoms in total. The fourth-order valence-electron chi connectivity index (χ4n) is 1.39. The molecule has 1 amide bonds. The van der Waals surface area contributed by atoms with Gasteiger partial charge in [-0.3, -0.25) is 10.0 Å². The molecule has 0 bridgehead atoms. The van der Waals surface area contributed by atoms with Crippen LogP contribution in [0.4, 0.5) is 5.69 Å². The van der Waals surface area contributed by atoms with Crippen molar-refractivity contribution in [2.24, 2.45) is 0 Å².